The lowest BCUT2D eigenvalue weighted by atomic mass is 9.79. The first-order valence-electron chi connectivity index (χ1n) is 7.42. The molecule has 0 radical (unpaired) electrons. The average molecular weight is 285 g/mol. The van der Waals surface area contributed by atoms with Gasteiger partial charge in [-0.25, -0.2) is 0 Å². The van der Waals surface area contributed by atoms with Crippen LogP contribution in [-0.2, 0) is 4.79 Å². The Morgan fingerprint density at radius 2 is 1.90 bits per heavy atom. The lowest BCUT2D eigenvalue weighted by molar-refractivity contribution is -0.145. The summed E-state index contributed by atoms with van der Waals surface area (Å²) in [5.41, 5.74) is 2.24. The van der Waals surface area contributed by atoms with Gasteiger partial charge in [-0.1, -0.05) is 37.6 Å². The van der Waals surface area contributed by atoms with Gasteiger partial charge in [0.1, 0.15) is 0 Å². The van der Waals surface area contributed by atoms with Gasteiger partial charge >= 0.3 is 5.97 Å². The molecule has 1 saturated carbocycles. The molecule has 2 unspecified atom stereocenters. The molecule has 0 aromatic heterocycles. The Kier molecular flexibility index (Phi) is 3.53. The molecule has 1 amide bonds. The number of aliphatic carboxylic acids is 1. The standard InChI is InChI=1S/C17H19NO3/c1-11-13-7-4-5-9-15(13)16(19)18(11)10-12-6-2-3-8-14(12)17(20)21/h4-5,7,9,12,14H,1-3,6,8,10H2,(H,20,21). The largest absolute Gasteiger partial charge is 0.481 e. The zero-order valence-electron chi connectivity index (χ0n) is 11.9. The lowest BCUT2D eigenvalue weighted by Gasteiger charge is -2.32. The summed E-state index contributed by atoms with van der Waals surface area (Å²) in [5.74, 6) is -1.12. The maximum Gasteiger partial charge on any atom is 0.306 e. The molecule has 2 atom stereocenters. The summed E-state index contributed by atoms with van der Waals surface area (Å²) in [6, 6.07) is 7.43. The van der Waals surface area contributed by atoms with E-state index in [0.717, 1.165) is 24.8 Å². The summed E-state index contributed by atoms with van der Waals surface area (Å²) in [4.78, 5) is 25.5. The maximum absolute atomic E-state index is 12.5. The van der Waals surface area contributed by atoms with Crippen molar-refractivity contribution >= 4 is 17.6 Å². The number of nitrogens with zero attached hydrogens (tertiary/aromatic N) is 1. The first kappa shape index (κ1) is 13.9. The van der Waals surface area contributed by atoms with Crippen LogP contribution in [0.3, 0.4) is 0 Å². The molecule has 1 aliphatic heterocycles. The lowest BCUT2D eigenvalue weighted by Crippen LogP contribution is -2.37. The Bertz CT molecular complexity index is 573. The van der Waals surface area contributed by atoms with Crippen molar-refractivity contribution in [1.82, 2.24) is 4.90 Å². The van der Waals surface area contributed by atoms with Crippen molar-refractivity contribution in [2.75, 3.05) is 6.54 Å². The fourth-order valence-corrected chi connectivity index (χ4v) is 3.51. The van der Waals surface area contributed by atoms with Crippen LogP contribution in [0.2, 0.25) is 0 Å². The SMILES string of the molecule is C=C1c2ccccc2C(=O)N1CC1CCCCC1C(=O)O. The minimum absolute atomic E-state index is 0.0197. The van der Waals surface area contributed by atoms with Crippen LogP contribution in [-0.4, -0.2) is 28.4 Å². The summed E-state index contributed by atoms with van der Waals surface area (Å²) < 4.78 is 0. The third kappa shape index (κ3) is 2.35. The van der Waals surface area contributed by atoms with Gasteiger partial charge in [-0.2, -0.15) is 0 Å². The van der Waals surface area contributed by atoms with Crippen molar-refractivity contribution < 1.29 is 14.7 Å². The van der Waals surface area contributed by atoms with E-state index in [1.54, 1.807) is 11.0 Å². The highest BCUT2D eigenvalue weighted by atomic mass is 16.4. The van der Waals surface area contributed by atoms with Gasteiger partial charge in [0, 0.05) is 23.4 Å². The van der Waals surface area contributed by atoms with Gasteiger partial charge in [0.25, 0.3) is 5.91 Å². The fraction of sp³-hybridized carbons (Fsp3) is 0.412. The third-order valence-electron chi connectivity index (χ3n) is 4.68. The molecule has 0 bridgehead atoms. The number of hydrogen-bond donors (Lipinski definition) is 1. The van der Waals surface area contributed by atoms with Crippen LogP contribution < -0.4 is 0 Å². The second-order valence-electron chi connectivity index (χ2n) is 5.90. The molecule has 3 rings (SSSR count). The quantitative estimate of drug-likeness (QED) is 0.928. The molecule has 4 nitrogen and oxygen atoms in total. The number of fused-ring (bicyclic) bond motifs is 1. The number of hydrogen-bond acceptors (Lipinski definition) is 2. The van der Waals surface area contributed by atoms with Gasteiger partial charge in [-0.15, -0.1) is 0 Å². The summed E-state index contributed by atoms with van der Waals surface area (Å²) in [7, 11) is 0. The molecule has 21 heavy (non-hydrogen) atoms. The van der Waals surface area contributed by atoms with E-state index in [-0.39, 0.29) is 17.7 Å². The zero-order chi connectivity index (χ0) is 15.0. The zero-order valence-corrected chi connectivity index (χ0v) is 11.9. The minimum Gasteiger partial charge on any atom is -0.481 e. The van der Waals surface area contributed by atoms with Crippen molar-refractivity contribution in [3.8, 4) is 0 Å². The van der Waals surface area contributed by atoms with Gasteiger partial charge in [0.2, 0.25) is 0 Å². The predicted octanol–water partition coefficient (Wildman–Crippen LogP) is 3.00. The van der Waals surface area contributed by atoms with Crippen molar-refractivity contribution in [2.24, 2.45) is 11.8 Å². The molecule has 1 aromatic rings. The number of carbonyl (C=O) groups is 2. The topological polar surface area (TPSA) is 57.6 Å². The average Bonchev–Trinajstić information content (AvgIpc) is 2.73. The van der Waals surface area contributed by atoms with Crippen molar-refractivity contribution in [3.63, 3.8) is 0 Å². The van der Waals surface area contributed by atoms with Crippen LogP contribution in [0.1, 0.15) is 41.6 Å². The molecule has 1 fully saturated rings. The van der Waals surface area contributed by atoms with E-state index in [9.17, 15) is 14.7 Å². The van der Waals surface area contributed by atoms with E-state index in [2.05, 4.69) is 6.58 Å². The molecule has 1 N–H and O–H groups in total. The minimum atomic E-state index is -0.741. The first-order valence-corrected chi connectivity index (χ1v) is 7.42. The van der Waals surface area contributed by atoms with Gasteiger partial charge in [-0.05, 0) is 24.8 Å². The van der Waals surface area contributed by atoms with E-state index < -0.39 is 5.97 Å². The van der Waals surface area contributed by atoms with E-state index in [1.165, 1.54) is 0 Å². The first-order chi connectivity index (χ1) is 10.1. The number of carboxylic acid groups (broad SMARTS) is 1. The van der Waals surface area contributed by atoms with Crippen LogP contribution in [0.15, 0.2) is 30.8 Å². The second-order valence-corrected chi connectivity index (χ2v) is 5.90. The number of rotatable bonds is 3. The molecule has 1 heterocycles. The maximum atomic E-state index is 12.5. The van der Waals surface area contributed by atoms with E-state index in [1.807, 2.05) is 18.2 Å². The van der Waals surface area contributed by atoms with Gasteiger partial charge < -0.3 is 10.0 Å². The van der Waals surface area contributed by atoms with Crippen LogP contribution in [0.5, 0.6) is 0 Å². The molecule has 2 aliphatic rings. The van der Waals surface area contributed by atoms with Crippen LogP contribution >= 0.6 is 0 Å². The highest BCUT2D eigenvalue weighted by Gasteiger charge is 2.37. The third-order valence-corrected chi connectivity index (χ3v) is 4.68. The van der Waals surface area contributed by atoms with Crippen molar-refractivity contribution in [1.29, 1.82) is 0 Å². The second kappa shape index (κ2) is 5.35. The molecular formula is C17H19NO3. The smallest absolute Gasteiger partial charge is 0.306 e. The monoisotopic (exact) mass is 285 g/mol. The van der Waals surface area contributed by atoms with Gasteiger partial charge in [-0.3, -0.25) is 9.59 Å². The summed E-state index contributed by atoms with van der Waals surface area (Å²) in [6.07, 6.45) is 3.57. The van der Waals surface area contributed by atoms with Crippen molar-refractivity contribution in [2.45, 2.75) is 25.7 Å². The molecule has 4 heteroatoms. The normalized spacial score (nSPS) is 25.0. The molecular weight excluding hydrogens is 266 g/mol. The van der Waals surface area contributed by atoms with E-state index in [0.29, 0.717) is 24.2 Å². The van der Waals surface area contributed by atoms with Crippen LogP contribution in [0, 0.1) is 11.8 Å². The Morgan fingerprint density at radius 3 is 2.57 bits per heavy atom. The van der Waals surface area contributed by atoms with E-state index >= 15 is 0 Å². The molecule has 0 spiro atoms. The highest BCUT2D eigenvalue weighted by molar-refractivity contribution is 6.08. The number of amides is 1. The van der Waals surface area contributed by atoms with Crippen LogP contribution in [0.4, 0.5) is 0 Å². The summed E-state index contributed by atoms with van der Waals surface area (Å²) in [6.45, 7) is 4.48. The van der Waals surface area contributed by atoms with Crippen molar-refractivity contribution in [3.05, 3.63) is 42.0 Å². The molecule has 1 aromatic carbocycles. The van der Waals surface area contributed by atoms with Gasteiger partial charge in [0.15, 0.2) is 0 Å². The van der Waals surface area contributed by atoms with Crippen LogP contribution in [0.25, 0.3) is 5.70 Å². The summed E-state index contributed by atoms with van der Waals surface area (Å²) >= 11 is 0. The molecule has 0 saturated heterocycles. The van der Waals surface area contributed by atoms with E-state index in [4.69, 9.17) is 0 Å². The number of carboxylic acids is 1. The number of benzene rings is 1. The van der Waals surface area contributed by atoms with Gasteiger partial charge in [0.05, 0.1) is 5.92 Å². The molecule has 1 aliphatic carbocycles. The molecule has 110 valence electrons. The summed E-state index contributed by atoms with van der Waals surface area (Å²) in [5, 5.41) is 9.36. The Labute approximate surface area is 124 Å². The highest BCUT2D eigenvalue weighted by Crippen LogP contribution is 2.36. The number of carbonyl (C=O) groups excluding carboxylic acids is 1. The fourth-order valence-electron chi connectivity index (χ4n) is 3.51. The predicted molar refractivity (Wildman–Crippen MR) is 79.6 cm³/mol. The Hall–Kier alpha value is -2.10. The Balaban J connectivity index is 1.81. The Morgan fingerprint density at radius 1 is 1.24 bits per heavy atom.